The molecule has 0 aromatic heterocycles. The smallest absolute Gasteiger partial charge is 0.184 e. The van der Waals surface area contributed by atoms with E-state index in [0.29, 0.717) is 21.5 Å². The van der Waals surface area contributed by atoms with Crippen molar-refractivity contribution >= 4 is 37.3 Å². The molecule has 1 unspecified atom stereocenters. The molecule has 15 heavy (non-hydrogen) atoms. The van der Waals surface area contributed by atoms with Crippen molar-refractivity contribution < 1.29 is 4.79 Å². The van der Waals surface area contributed by atoms with Crippen molar-refractivity contribution in [3.8, 4) is 0 Å². The van der Waals surface area contributed by atoms with Crippen LogP contribution in [0.15, 0.2) is 18.2 Å². The lowest BCUT2D eigenvalue weighted by Crippen LogP contribution is -1.98. The molecule has 0 radical (unpaired) electrons. The Morgan fingerprint density at radius 1 is 1.33 bits per heavy atom. The first-order valence-electron chi connectivity index (χ1n) is 4.74. The molecular formula is C11H13Cl2OP. The van der Waals surface area contributed by atoms with E-state index in [9.17, 15) is 4.79 Å². The second kappa shape index (κ2) is 5.84. The summed E-state index contributed by atoms with van der Waals surface area (Å²) in [4.78, 5) is 11.8. The van der Waals surface area contributed by atoms with Gasteiger partial charge >= 0.3 is 0 Å². The van der Waals surface area contributed by atoms with Crippen LogP contribution in [0.5, 0.6) is 0 Å². The zero-order valence-electron chi connectivity index (χ0n) is 8.68. The number of carbonyl (C=O) groups excluding carboxylic acids is 1. The van der Waals surface area contributed by atoms with Crippen LogP contribution in [0.3, 0.4) is 0 Å². The lowest BCUT2D eigenvalue weighted by atomic mass is 10.2. The van der Waals surface area contributed by atoms with Crippen molar-refractivity contribution in [1.82, 2.24) is 0 Å². The summed E-state index contributed by atoms with van der Waals surface area (Å²) in [5.41, 5.74) is 0.527. The predicted octanol–water partition coefficient (Wildman–Crippen LogP) is 4.47. The number of rotatable bonds is 4. The van der Waals surface area contributed by atoms with Crippen LogP contribution >= 0.6 is 31.8 Å². The minimum atomic E-state index is 0.0549. The van der Waals surface area contributed by atoms with E-state index >= 15 is 0 Å². The number of hydrogen-bond acceptors (Lipinski definition) is 1. The quantitative estimate of drug-likeness (QED) is 0.732. The Balaban J connectivity index is 2.82. The highest BCUT2D eigenvalue weighted by atomic mass is 35.5. The molecule has 0 N–H and O–H groups in total. The van der Waals surface area contributed by atoms with Gasteiger partial charge in [-0.3, -0.25) is 4.79 Å². The highest BCUT2D eigenvalue weighted by Gasteiger charge is 2.14. The molecule has 1 aromatic carbocycles. The predicted molar refractivity (Wildman–Crippen MR) is 68.8 cm³/mol. The Hall–Kier alpha value is -0.100. The lowest BCUT2D eigenvalue weighted by Gasteiger charge is -2.07. The van der Waals surface area contributed by atoms with Crippen LogP contribution in [0.2, 0.25) is 10.0 Å². The SMILES string of the molecule is CC(C)CPC(=O)c1c(Cl)cccc1Cl. The summed E-state index contributed by atoms with van der Waals surface area (Å²) in [7, 11) is 0.249. The van der Waals surface area contributed by atoms with Crippen LogP contribution in [0.4, 0.5) is 0 Å². The van der Waals surface area contributed by atoms with Gasteiger partial charge in [0.05, 0.1) is 15.6 Å². The topological polar surface area (TPSA) is 17.1 Å². The van der Waals surface area contributed by atoms with E-state index in [1.165, 1.54) is 0 Å². The van der Waals surface area contributed by atoms with E-state index in [-0.39, 0.29) is 14.1 Å². The first kappa shape index (κ1) is 13.0. The molecule has 0 saturated heterocycles. The van der Waals surface area contributed by atoms with Gasteiger partial charge in [0, 0.05) is 0 Å². The van der Waals surface area contributed by atoms with Gasteiger partial charge in [0.25, 0.3) is 0 Å². The van der Waals surface area contributed by atoms with Gasteiger partial charge < -0.3 is 0 Å². The summed E-state index contributed by atoms with van der Waals surface area (Å²) in [5, 5.41) is 0.896. The molecular weight excluding hydrogens is 250 g/mol. The van der Waals surface area contributed by atoms with Crippen LogP contribution in [0.25, 0.3) is 0 Å². The Labute approximate surface area is 102 Å². The van der Waals surface area contributed by atoms with Gasteiger partial charge in [-0.1, -0.05) is 43.1 Å². The summed E-state index contributed by atoms with van der Waals surface area (Å²) in [6.07, 6.45) is 0.889. The zero-order chi connectivity index (χ0) is 11.4. The standard InChI is InChI=1S/C11H13Cl2OP/c1-7(2)6-15-11(14)10-8(12)4-3-5-9(10)13/h3-5,7,15H,6H2,1-2H3. The summed E-state index contributed by atoms with van der Waals surface area (Å²) < 4.78 is 0. The third-order valence-corrected chi connectivity index (χ3v) is 4.08. The van der Waals surface area contributed by atoms with E-state index in [1.807, 2.05) is 0 Å². The molecule has 1 rings (SSSR count). The van der Waals surface area contributed by atoms with E-state index in [0.717, 1.165) is 6.16 Å². The van der Waals surface area contributed by atoms with Crippen LogP contribution in [0.1, 0.15) is 24.2 Å². The normalized spacial score (nSPS) is 11.5. The fourth-order valence-electron chi connectivity index (χ4n) is 1.10. The highest BCUT2D eigenvalue weighted by molar-refractivity contribution is 7.58. The first-order chi connectivity index (χ1) is 7.02. The molecule has 4 heteroatoms. The average Bonchev–Trinajstić information content (AvgIpc) is 2.14. The largest absolute Gasteiger partial charge is 0.289 e. The summed E-state index contributed by atoms with van der Waals surface area (Å²) in [6.45, 7) is 4.18. The van der Waals surface area contributed by atoms with Gasteiger partial charge in [-0.2, -0.15) is 0 Å². The molecule has 0 aliphatic heterocycles. The van der Waals surface area contributed by atoms with Crippen LogP contribution in [-0.2, 0) is 0 Å². The summed E-state index contributed by atoms with van der Waals surface area (Å²) in [6, 6.07) is 5.13. The van der Waals surface area contributed by atoms with Gasteiger partial charge in [0.15, 0.2) is 5.52 Å². The van der Waals surface area contributed by atoms with Gasteiger partial charge in [-0.05, 0) is 32.8 Å². The number of carbonyl (C=O) groups is 1. The molecule has 82 valence electrons. The van der Waals surface area contributed by atoms with Crippen molar-refractivity contribution in [3.63, 3.8) is 0 Å². The number of benzene rings is 1. The van der Waals surface area contributed by atoms with E-state index in [1.54, 1.807) is 18.2 Å². The van der Waals surface area contributed by atoms with E-state index in [4.69, 9.17) is 23.2 Å². The molecule has 1 aromatic rings. The Bertz CT molecular complexity index is 343. The highest BCUT2D eigenvalue weighted by Crippen LogP contribution is 2.31. The Morgan fingerprint density at radius 3 is 2.33 bits per heavy atom. The van der Waals surface area contributed by atoms with Crippen LogP contribution in [-0.4, -0.2) is 11.7 Å². The van der Waals surface area contributed by atoms with Crippen molar-refractivity contribution in [2.45, 2.75) is 13.8 Å². The van der Waals surface area contributed by atoms with Crippen molar-refractivity contribution in [2.75, 3.05) is 6.16 Å². The molecule has 0 spiro atoms. The first-order valence-corrected chi connectivity index (χ1v) is 6.71. The molecule has 0 heterocycles. The second-order valence-electron chi connectivity index (χ2n) is 3.70. The van der Waals surface area contributed by atoms with Crippen molar-refractivity contribution in [2.24, 2.45) is 5.92 Å². The molecule has 0 amide bonds. The number of halogens is 2. The average molecular weight is 263 g/mol. The van der Waals surface area contributed by atoms with E-state index < -0.39 is 0 Å². The van der Waals surface area contributed by atoms with Crippen LogP contribution in [0, 0.1) is 5.92 Å². The minimum Gasteiger partial charge on any atom is -0.289 e. The van der Waals surface area contributed by atoms with E-state index in [2.05, 4.69) is 13.8 Å². The van der Waals surface area contributed by atoms with Gasteiger partial charge in [-0.25, -0.2) is 0 Å². The molecule has 0 aliphatic carbocycles. The fourth-order valence-corrected chi connectivity index (χ4v) is 2.87. The molecule has 0 bridgehead atoms. The maximum Gasteiger partial charge on any atom is 0.184 e. The third-order valence-electron chi connectivity index (χ3n) is 1.86. The lowest BCUT2D eigenvalue weighted by molar-refractivity contribution is 0.108. The van der Waals surface area contributed by atoms with Crippen molar-refractivity contribution in [1.29, 1.82) is 0 Å². The molecule has 1 nitrogen and oxygen atoms in total. The summed E-state index contributed by atoms with van der Waals surface area (Å²) in [5.74, 6) is 0.522. The second-order valence-corrected chi connectivity index (χ2v) is 5.73. The van der Waals surface area contributed by atoms with Crippen LogP contribution < -0.4 is 0 Å². The third kappa shape index (κ3) is 3.75. The monoisotopic (exact) mass is 262 g/mol. The van der Waals surface area contributed by atoms with Gasteiger partial charge in [0.2, 0.25) is 0 Å². The van der Waals surface area contributed by atoms with Crippen molar-refractivity contribution in [3.05, 3.63) is 33.8 Å². The van der Waals surface area contributed by atoms with Gasteiger partial charge in [0.1, 0.15) is 0 Å². The molecule has 0 saturated carbocycles. The maximum absolute atomic E-state index is 11.8. The maximum atomic E-state index is 11.8. The molecule has 1 atom stereocenters. The Morgan fingerprint density at radius 2 is 1.87 bits per heavy atom. The Kier molecular flexibility index (Phi) is 5.05. The number of hydrogen-bond donors (Lipinski definition) is 0. The molecule has 0 aliphatic rings. The fraction of sp³-hybridized carbons (Fsp3) is 0.364. The summed E-state index contributed by atoms with van der Waals surface area (Å²) >= 11 is 11.9. The molecule has 0 fully saturated rings. The van der Waals surface area contributed by atoms with Gasteiger partial charge in [-0.15, -0.1) is 0 Å². The zero-order valence-corrected chi connectivity index (χ0v) is 11.2. The minimum absolute atomic E-state index is 0.0549.